The van der Waals surface area contributed by atoms with E-state index in [2.05, 4.69) is 0 Å². The monoisotopic (exact) mass is 294 g/mol. The fourth-order valence-electron chi connectivity index (χ4n) is 1.55. The normalized spacial score (nSPS) is 12.6. The van der Waals surface area contributed by atoms with Gasteiger partial charge in [-0.05, 0) is 32.8 Å². The summed E-state index contributed by atoms with van der Waals surface area (Å²) in [5.41, 5.74) is 0.227. The third-order valence-corrected chi connectivity index (χ3v) is 2.54. The molecule has 1 aromatic rings. The van der Waals surface area contributed by atoms with Gasteiger partial charge in [-0.3, -0.25) is 4.79 Å². The van der Waals surface area contributed by atoms with Crippen molar-refractivity contribution in [3.63, 3.8) is 0 Å². The molecular weight excluding hydrogens is 272 g/mol. The van der Waals surface area contributed by atoms with Crippen LogP contribution in [0.1, 0.15) is 39.2 Å². The number of aliphatic hydroxyl groups is 1. The molecule has 0 heterocycles. The van der Waals surface area contributed by atoms with E-state index in [4.69, 9.17) is 9.47 Å². The van der Waals surface area contributed by atoms with E-state index < -0.39 is 23.6 Å². The van der Waals surface area contributed by atoms with Crippen LogP contribution in [0.25, 0.3) is 0 Å². The van der Waals surface area contributed by atoms with Crippen molar-refractivity contribution >= 4 is 11.9 Å². The van der Waals surface area contributed by atoms with Gasteiger partial charge in [-0.15, -0.1) is 0 Å². The van der Waals surface area contributed by atoms with Crippen LogP contribution in [-0.4, -0.2) is 28.8 Å². The minimum absolute atomic E-state index is 0.0114. The molecule has 1 rings (SSSR count). The number of rotatable bonds is 6. The molecule has 0 bridgehead atoms. The largest absolute Gasteiger partial charge is 0.461 e. The summed E-state index contributed by atoms with van der Waals surface area (Å²) in [7, 11) is 0. The van der Waals surface area contributed by atoms with E-state index in [1.807, 2.05) is 30.3 Å². The second kappa shape index (κ2) is 7.78. The van der Waals surface area contributed by atoms with E-state index in [9.17, 15) is 14.7 Å². The van der Waals surface area contributed by atoms with Gasteiger partial charge in [-0.2, -0.15) is 0 Å². The topological polar surface area (TPSA) is 72.8 Å². The van der Waals surface area contributed by atoms with Crippen LogP contribution in [0.5, 0.6) is 0 Å². The van der Waals surface area contributed by atoms with Crippen molar-refractivity contribution in [3.05, 3.63) is 35.9 Å². The predicted octanol–water partition coefficient (Wildman–Crippen LogP) is 2.21. The molecule has 0 amide bonds. The van der Waals surface area contributed by atoms with Crippen molar-refractivity contribution in [1.29, 1.82) is 0 Å². The highest BCUT2D eigenvalue weighted by molar-refractivity contribution is 5.76. The quantitative estimate of drug-likeness (QED) is 0.814. The summed E-state index contributed by atoms with van der Waals surface area (Å²) in [5.74, 6) is -1.18. The highest BCUT2D eigenvalue weighted by Crippen LogP contribution is 2.11. The van der Waals surface area contributed by atoms with Gasteiger partial charge >= 0.3 is 11.9 Å². The van der Waals surface area contributed by atoms with E-state index in [1.54, 1.807) is 20.8 Å². The van der Waals surface area contributed by atoms with E-state index in [0.717, 1.165) is 5.56 Å². The number of carbonyl (C=O) groups excluding carboxylic acids is 2. The molecule has 0 saturated carbocycles. The number of benzene rings is 1. The minimum atomic E-state index is -1.31. The number of hydrogen-bond acceptors (Lipinski definition) is 5. The van der Waals surface area contributed by atoms with Gasteiger partial charge in [0, 0.05) is 6.42 Å². The molecule has 0 saturated heterocycles. The first-order chi connectivity index (χ1) is 9.78. The molecule has 0 aromatic heterocycles. The molecule has 0 fully saturated rings. The van der Waals surface area contributed by atoms with Gasteiger partial charge in [-0.1, -0.05) is 30.3 Å². The molecule has 1 N–H and O–H groups in total. The average molecular weight is 294 g/mol. The van der Waals surface area contributed by atoms with Gasteiger partial charge in [-0.25, -0.2) is 4.79 Å². The standard InChI is InChI=1S/C16H22O5/c1-16(2,3)21-15(19)13(17)9-10-14(18)20-11-12-7-5-4-6-8-12/h4-8,13,17H,9-11H2,1-3H3/t13-/m0/s1. The van der Waals surface area contributed by atoms with Crippen LogP contribution in [0.3, 0.4) is 0 Å². The van der Waals surface area contributed by atoms with Crippen LogP contribution in [-0.2, 0) is 25.7 Å². The number of esters is 2. The molecular formula is C16H22O5. The summed E-state index contributed by atoms with van der Waals surface area (Å²) in [6.07, 6.45) is -1.36. The molecule has 116 valence electrons. The molecule has 1 aromatic carbocycles. The zero-order valence-electron chi connectivity index (χ0n) is 12.7. The SMILES string of the molecule is CC(C)(C)OC(=O)[C@@H](O)CCC(=O)OCc1ccccc1. The Bertz CT molecular complexity index is 461. The number of carbonyl (C=O) groups is 2. The smallest absolute Gasteiger partial charge is 0.335 e. The maximum atomic E-state index is 11.5. The third-order valence-electron chi connectivity index (χ3n) is 2.54. The number of hydrogen-bond donors (Lipinski definition) is 1. The Hall–Kier alpha value is -1.88. The van der Waals surface area contributed by atoms with Gasteiger partial charge in [0.05, 0.1) is 0 Å². The van der Waals surface area contributed by atoms with Crippen molar-refractivity contribution in [2.45, 2.75) is 51.9 Å². The number of ether oxygens (including phenoxy) is 2. The van der Waals surface area contributed by atoms with Gasteiger partial charge in [0.25, 0.3) is 0 Å². The fraction of sp³-hybridized carbons (Fsp3) is 0.500. The van der Waals surface area contributed by atoms with Crippen LogP contribution >= 0.6 is 0 Å². The Morgan fingerprint density at radius 1 is 1.19 bits per heavy atom. The second-order valence-electron chi connectivity index (χ2n) is 5.73. The molecule has 0 spiro atoms. The Kier molecular flexibility index (Phi) is 6.37. The first kappa shape index (κ1) is 17.2. The lowest BCUT2D eigenvalue weighted by Crippen LogP contribution is -2.32. The maximum absolute atomic E-state index is 11.5. The van der Waals surface area contributed by atoms with Crippen LogP contribution in [0.2, 0.25) is 0 Å². The summed E-state index contributed by atoms with van der Waals surface area (Å²) < 4.78 is 10.1. The molecule has 5 heteroatoms. The summed E-state index contributed by atoms with van der Waals surface area (Å²) in [6, 6.07) is 9.29. The molecule has 1 atom stereocenters. The van der Waals surface area contributed by atoms with Crippen molar-refractivity contribution in [1.82, 2.24) is 0 Å². The van der Waals surface area contributed by atoms with Crippen molar-refractivity contribution in [3.8, 4) is 0 Å². The minimum Gasteiger partial charge on any atom is -0.461 e. The maximum Gasteiger partial charge on any atom is 0.335 e. The highest BCUT2D eigenvalue weighted by Gasteiger charge is 2.23. The van der Waals surface area contributed by atoms with Crippen LogP contribution < -0.4 is 0 Å². The van der Waals surface area contributed by atoms with Crippen LogP contribution in [0.4, 0.5) is 0 Å². The zero-order chi connectivity index (χ0) is 15.9. The van der Waals surface area contributed by atoms with Crippen LogP contribution in [0.15, 0.2) is 30.3 Å². The lowest BCUT2D eigenvalue weighted by atomic mass is 10.1. The highest BCUT2D eigenvalue weighted by atomic mass is 16.6. The van der Waals surface area contributed by atoms with Crippen LogP contribution in [0, 0.1) is 0 Å². The van der Waals surface area contributed by atoms with Crippen molar-refractivity contribution < 1.29 is 24.2 Å². The Morgan fingerprint density at radius 2 is 1.81 bits per heavy atom. The van der Waals surface area contributed by atoms with E-state index in [0.29, 0.717) is 0 Å². The molecule has 0 aliphatic rings. The van der Waals surface area contributed by atoms with Gasteiger partial charge in [0.2, 0.25) is 0 Å². The molecule has 5 nitrogen and oxygen atoms in total. The summed E-state index contributed by atoms with van der Waals surface area (Å²) in [4.78, 5) is 23.1. The van der Waals surface area contributed by atoms with Crippen molar-refractivity contribution in [2.75, 3.05) is 0 Å². The summed E-state index contributed by atoms with van der Waals surface area (Å²) in [5, 5.41) is 9.63. The molecule has 0 radical (unpaired) electrons. The van der Waals surface area contributed by atoms with Crippen molar-refractivity contribution in [2.24, 2.45) is 0 Å². The Morgan fingerprint density at radius 3 is 2.38 bits per heavy atom. The lowest BCUT2D eigenvalue weighted by Gasteiger charge is -2.21. The first-order valence-corrected chi connectivity index (χ1v) is 6.88. The zero-order valence-corrected chi connectivity index (χ0v) is 12.7. The predicted molar refractivity (Wildman–Crippen MR) is 77.3 cm³/mol. The molecule has 0 aliphatic carbocycles. The Balaban J connectivity index is 2.28. The molecule has 0 unspecified atom stereocenters. The van der Waals surface area contributed by atoms with Gasteiger partial charge < -0.3 is 14.6 Å². The summed E-state index contributed by atoms with van der Waals surface area (Å²) in [6.45, 7) is 5.32. The van der Waals surface area contributed by atoms with E-state index >= 15 is 0 Å². The average Bonchev–Trinajstić information content (AvgIpc) is 2.41. The Labute approximate surface area is 124 Å². The fourth-order valence-corrected chi connectivity index (χ4v) is 1.55. The van der Waals surface area contributed by atoms with E-state index in [-0.39, 0.29) is 19.4 Å². The van der Waals surface area contributed by atoms with E-state index in [1.165, 1.54) is 0 Å². The second-order valence-corrected chi connectivity index (χ2v) is 5.73. The lowest BCUT2D eigenvalue weighted by molar-refractivity contribution is -0.165. The van der Waals surface area contributed by atoms with Gasteiger partial charge in [0.15, 0.2) is 6.10 Å². The molecule has 0 aliphatic heterocycles. The first-order valence-electron chi connectivity index (χ1n) is 6.88. The number of aliphatic hydroxyl groups excluding tert-OH is 1. The third kappa shape index (κ3) is 7.46. The summed E-state index contributed by atoms with van der Waals surface area (Å²) >= 11 is 0. The van der Waals surface area contributed by atoms with Gasteiger partial charge in [0.1, 0.15) is 12.2 Å². The molecule has 21 heavy (non-hydrogen) atoms.